The van der Waals surface area contributed by atoms with Gasteiger partial charge in [-0.15, -0.1) is 0 Å². The van der Waals surface area contributed by atoms with Crippen molar-refractivity contribution in [3.63, 3.8) is 0 Å². The lowest BCUT2D eigenvalue weighted by Crippen LogP contribution is -2.39. The topological polar surface area (TPSA) is 52.6 Å². The van der Waals surface area contributed by atoms with Gasteiger partial charge in [0.2, 0.25) is 0 Å². The van der Waals surface area contributed by atoms with Crippen LogP contribution in [0.15, 0.2) is 0 Å². The molecule has 94 valence electrons. The summed E-state index contributed by atoms with van der Waals surface area (Å²) in [7, 11) is 0. The van der Waals surface area contributed by atoms with Crippen molar-refractivity contribution in [1.29, 1.82) is 0 Å². The molecule has 0 radical (unpaired) electrons. The molecule has 0 aliphatic carbocycles. The fourth-order valence-electron chi connectivity index (χ4n) is 0.888. The van der Waals surface area contributed by atoms with Crippen LogP contribution in [0.25, 0.3) is 0 Å². The predicted molar refractivity (Wildman–Crippen MR) is 61.1 cm³/mol. The average Bonchev–Trinajstić information content (AvgIpc) is 2.13. The molecular formula is C12H22O4. The fraction of sp³-hybridized carbons (Fsp3) is 0.833. The van der Waals surface area contributed by atoms with E-state index in [1.54, 1.807) is 20.8 Å². The number of rotatable bonds is 5. The standard InChI is InChI=1S/C12H22O4/c1-7-15-10(14)12(5,6)9(13)8-16-11(2,3)4/h7-8H2,1-6H3. The quantitative estimate of drug-likeness (QED) is 0.535. The van der Waals surface area contributed by atoms with Crippen molar-refractivity contribution in [1.82, 2.24) is 0 Å². The van der Waals surface area contributed by atoms with Crippen LogP contribution >= 0.6 is 0 Å². The fourth-order valence-corrected chi connectivity index (χ4v) is 0.888. The van der Waals surface area contributed by atoms with E-state index >= 15 is 0 Å². The monoisotopic (exact) mass is 230 g/mol. The van der Waals surface area contributed by atoms with E-state index in [9.17, 15) is 9.59 Å². The largest absolute Gasteiger partial charge is 0.465 e. The van der Waals surface area contributed by atoms with Crippen LogP contribution in [-0.4, -0.2) is 30.6 Å². The highest BCUT2D eigenvalue weighted by Gasteiger charge is 2.37. The summed E-state index contributed by atoms with van der Waals surface area (Å²) in [5, 5.41) is 0. The number of ether oxygens (including phenoxy) is 2. The molecule has 0 aliphatic heterocycles. The zero-order chi connectivity index (χ0) is 13.0. The summed E-state index contributed by atoms with van der Waals surface area (Å²) in [6.45, 7) is 10.6. The third-order valence-electron chi connectivity index (χ3n) is 2.12. The Bertz CT molecular complexity index is 261. The Balaban J connectivity index is 4.41. The van der Waals surface area contributed by atoms with Gasteiger partial charge in [-0.25, -0.2) is 0 Å². The Hall–Kier alpha value is -0.900. The molecule has 0 amide bonds. The van der Waals surface area contributed by atoms with Crippen molar-refractivity contribution in [3.8, 4) is 0 Å². The Labute approximate surface area is 97.3 Å². The van der Waals surface area contributed by atoms with Gasteiger partial charge in [0.05, 0.1) is 12.2 Å². The lowest BCUT2D eigenvalue weighted by Gasteiger charge is -2.24. The van der Waals surface area contributed by atoms with Crippen LogP contribution in [0, 0.1) is 5.41 Å². The molecule has 0 aromatic heterocycles. The molecule has 0 unspecified atom stereocenters. The molecule has 16 heavy (non-hydrogen) atoms. The zero-order valence-corrected chi connectivity index (χ0v) is 11.0. The summed E-state index contributed by atoms with van der Waals surface area (Å²) in [5.41, 5.74) is -1.53. The van der Waals surface area contributed by atoms with Gasteiger partial charge in [0.15, 0.2) is 5.78 Å². The minimum Gasteiger partial charge on any atom is -0.465 e. The third-order valence-corrected chi connectivity index (χ3v) is 2.12. The van der Waals surface area contributed by atoms with E-state index in [0.717, 1.165) is 0 Å². The summed E-state index contributed by atoms with van der Waals surface area (Å²) in [5.74, 6) is -0.765. The Morgan fingerprint density at radius 2 is 1.56 bits per heavy atom. The summed E-state index contributed by atoms with van der Waals surface area (Å²) >= 11 is 0. The van der Waals surface area contributed by atoms with E-state index < -0.39 is 11.4 Å². The van der Waals surface area contributed by atoms with Crippen LogP contribution in [0.1, 0.15) is 41.5 Å². The molecule has 0 fully saturated rings. The van der Waals surface area contributed by atoms with E-state index in [0.29, 0.717) is 0 Å². The molecule has 0 saturated carbocycles. The number of hydrogen-bond donors (Lipinski definition) is 0. The highest BCUT2D eigenvalue weighted by Crippen LogP contribution is 2.20. The number of ketones is 1. The SMILES string of the molecule is CCOC(=O)C(C)(C)C(=O)COC(C)(C)C. The van der Waals surface area contributed by atoms with E-state index in [1.807, 2.05) is 20.8 Å². The van der Waals surface area contributed by atoms with Crippen molar-refractivity contribution >= 4 is 11.8 Å². The van der Waals surface area contributed by atoms with E-state index in [1.165, 1.54) is 0 Å². The molecule has 0 aliphatic rings. The molecule has 4 nitrogen and oxygen atoms in total. The van der Waals surface area contributed by atoms with Gasteiger partial charge in [-0.2, -0.15) is 0 Å². The third kappa shape index (κ3) is 4.75. The molecule has 0 spiro atoms. The van der Waals surface area contributed by atoms with E-state index in [-0.39, 0.29) is 24.6 Å². The molecule has 0 atom stereocenters. The van der Waals surface area contributed by atoms with E-state index in [4.69, 9.17) is 9.47 Å². The summed E-state index contributed by atoms with van der Waals surface area (Å²) in [4.78, 5) is 23.3. The first-order valence-corrected chi connectivity index (χ1v) is 5.45. The first kappa shape index (κ1) is 15.1. The lowest BCUT2D eigenvalue weighted by atomic mass is 9.88. The number of Topliss-reactive ketones (excluding diaryl/α,β-unsaturated/α-hetero) is 1. The van der Waals surface area contributed by atoms with Crippen molar-refractivity contribution < 1.29 is 19.1 Å². The maximum atomic E-state index is 11.8. The van der Waals surface area contributed by atoms with Crippen molar-refractivity contribution in [2.75, 3.05) is 13.2 Å². The minimum absolute atomic E-state index is 0.0741. The van der Waals surface area contributed by atoms with Crippen LogP contribution in [0.4, 0.5) is 0 Å². The molecule has 0 aromatic rings. The molecule has 0 bridgehead atoms. The number of esters is 1. The summed E-state index contributed by atoms with van der Waals surface area (Å²) < 4.78 is 10.2. The highest BCUT2D eigenvalue weighted by molar-refractivity contribution is 6.03. The van der Waals surface area contributed by atoms with Crippen molar-refractivity contribution in [2.45, 2.75) is 47.1 Å². The average molecular weight is 230 g/mol. The van der Waals surface area contributed by atoms with Crippen LogP contribution in [0.2, 0.25) is 0 Å². The van der Waals surface area contributed by atoms with Crippen LogP contribution < -0.4 is 0 Å². The van der Waals surface area contributed by atoms with Crippen LogP contribution in [0.5, 0.6) is 0 Å². The number of carbonyl (C=O) groups is 2. The van der Waals surface area contributed by atoms with Crippen molar-refractivity contribution in [3.05, 3.63) is 0 Å². The molecule has 0 N–H and O–H groups in total. The number of carbonyl (C=O) groups excluding carboxylic acids is 2. The van der Waals surface area contributed by atoms with Crippen molar-refractivity contribution in [2.24, 2.45) is 5.41 Å². The first-order valence-electron chi connectivity index (χ1n) is 5.45. The first-order chi connectivity index (χ1) is 7.11. The Morgan fingerprint density at radius 3 is 1.94 bits per heavy atom. The summed E-state index contributed by atoms with van der Waals surface area (Å²) in [6.07, 6.45) is 0. The number of hydrogen-bond acceptors (Lipinski definition) is 4. The Kier molecular flexibility index (Phi) is 5.13. The maximum Gasteiger partial charge on any atom is 0.319 e. The van der Waals surface area contributed by atoms with Gasteiger partial charge in [-0.3, -0.25) is 9.59 Å². The van der Waals surface area contributed by atoms with Gasteiger partial charge in [0.1, 0.15) is 12.0 Å². The normalized spacial score (nSPS) is 12.4. The molecule has 0 heterocycles. The highest BCUT2D eigenvalue weighted by atomic mass is 16.5. The minimum atomic E-state index is -1.14. The Morgan fingerprint density at radius 1 is 1.06 bits per heavy atom. The van der Waals surface area contributed by atoms with Crippen LogP contribution in [0.3, 0.4) is 0 Å². The molecule has 4 heteroatoms. The van der Waals surface area contributed by atoms with Crippen LogP contribution in [-0.2, 0) is 19.1 Å². The van der Waals surface area contributed by atoms with Gasteiger partial charge < -0.3 is 9.47 Å². The van der Waals surface area contributed by atoms with Gasteiger partial charge >= 0.3 is 5.97 Å². The second-order valence-electron chi connectivity index (χ2n) is 5.17. The second kappa shape index (κ2) is 5.43. The molecular weight excluding hydrogens is 208 g/mol. The van der Waals surface area contributed by atoms with Gasteiger partial charge in [0.25, 0.3) is 0 Å². The van der Waals surface area contributed by atoms with Gasteiger partial charge in [-0.1, -0.05) is 0 Å². The maximum absolute atomic E-state index is 11.8. The predicted octanol–water partition coefficient (Wildman–Crippen LogP) is 1.96. The second-order valence-corrected chi connectivity index (χ2v) is 5.17. The van der Waals surface area contributed by atoms with Gasteiger partial charge in [-0.05, 0) is 41.5 Å². The summed E-state index contributed by atoms with van der Waals surface area (Å²) in [6, 6.07) is 0. The molecule has 0 aromatic carbocycles. The van der Waals surface area contributed by atoms with Gasteiger partial charge in [0, 0.05) is 0 Å². The zero-order valence-electron chi connectivity index (χ0n) is 11.0. The van der Waals surface area contributed by atoms with E-state index in [2.05, 4.69) is 0 Å². The lowest BCUT2D eigenvalue weighted by molar-refractivity contribution is -0.160. The molecule has 0 saturated heterocycles. The smallest absolute Gasteiger partial charge is 0.319 e. The molecule has 0 rings (SSSR count).